The second-order valence-corrected chi connectivity index (χ2v) is 12.4. The zero-order chi connectivity index (χ0) is 29.1. The molecule has 0 aliphatic carbocycles. The van der Waals surface area contributed by atoms with Gasteiger partial charge in [-0.1, -0.05) is 31.4 Å². The Morgan fingerprint density at radius 1 is 1.05 bits per heavy atom. The van der Waals surface area contributed by atoms with Gasteiger partial charge in [0, 0.05) is 26.0 Å². The fourth-order valence-electron chi connectivity index (χ4n) is 5.57. The lowest BCUT2D eigenvalue weighted by Gasteiger charge is -2.42. The molecule has 1 aromatic rings. The average Bonchev–Trinajstić information content (AvgIpc) is 3.18. The van der Waals surface area contributed by atoms with E-state index in [-0.39, 0.29) is 42.9 Å². The maximum absolute atomic E-state index is 12.6. The van der Waals surface area contributed by atoms with Crippen LogP contribution < -0.4 is 0 Å². The van der Waals surface area contributed by atoms with Crippen molar-refractivity contribution >= 4 is 20.3 Å². The molecule has 2 heterocycles. The predicted octanol–water partition coefficient (Wildman–Crippen LogP) is 6.38. The number of amides is 2. The lowest BCUT2D eigenvalue weighted by atomic mass is 9.97. The third-order valence-corrected chi connectivity index (χ3v) is 9.58. The summed E-state index contributed by atoms with van der Waals surface area (Å²) in [6.07, 6.45) is 6.88. The monoisotopic (exact) mass is 559 g/mol. The molecule has 3 rings (SSSR count). The van der Waals surface area contributed by atoms with Crippen LogP contribution in [0.15, 0.2) is 24.3 Å². The molecular formula is C30H47N4O4P. The quantitative estimate of drug-likeness (QED) is 0.101. The first kappa shape index (κ1) is 30.1. The Kier molecular flexibility index (Phi) is 12.2. The van der Waals surface area contributed by atoms with Crippen LogP contribution in [0.4, 0.5) is 0 Å². The Bertz CT molecular complexity index is 961. The Balaban J connectivity index is 1.50. The van der Waals surface area contributed by atoms with Crippen LogP contribution in [0.2, 0.25) is 0 Å². The number of fused-ring (bicyclic) bond motifs is 1. The van der Waals surface area contributed by atoms with E-state index in [2.05, 4.69) is 42.1 Å². The van der Waals surface area contributed by atoms with E-state index in [1.54, 1.807) is 24.3 Å². The van der Waals surface area contributed by atoms with E-state index >= 15 is 0 Å². The van der Waals surface area contributed by atoms with Crippen molar-refractivity contribution in [2.45, 2.75) is 104 Å². The molecule has 2 amide bonds. The molecule has 1 fully saturated rings. The van der Waals surface area contributed by atoms with Crippen molar-refractivity contribution in [1.82, 2.24) is 14.5 Å². The van der Waals surface area contributed by atoms with Gasteiger partial charge in [-0.15, -0.1) is 0 Å². The van der Waals surface area contributed by atoms with Gasteiger partial charge in [0.1, 0.15) is 6.61 Å². The summed E-state index contributed by atoms with van der Waals surface area (Å²) in [5.41, 5.74) is 1.03. The number of benzene rings is 1. The molecule has 0 spiro atoms. The summed E-state index contributed by atoms with van der Waals surface area (Å²) >= 11 is 0. The molecule has 9 heteroatoms. The number of imide groups is 1. The minimum atomic E-state index is -1.37. The molecule has 3 unspecified atom stereocenters. The zero-order valence-corrected chi connectivity index (χ0v) is 25.1. The van der Waals surface area contributed by atoms with Gasteiger partial charge >= 0.3 is 0 Å². The number of carbonyl (C=O) groups is 2. The van der Waals surface area contributed by atoms with Gasteiger partial charge in [0.15, 0.2) is 0 Å². The molecule has 1 aromatic carbocycles. The van der Waals surface area contributed by atoms with Crippen molar-refractivity contribution in [3.05, 3.63) is 46.8 Å². The van der Waals surface area contributed by atoms with Crippen LogP contribution in [-0.2, 0) is 9.05 Å². The minimum absolute atomic E-state index is 0.176. The van der Waals surface area contributed by atoms with Crippen LogP contribution in [0.5, 0.6) is 0 Å². The van der Waals surface area contributed by atoms with Gasteiger partial charge in [-0.25, -0.2) is 11.2 Å². The van der Waals surface area contributed by atoms with Crippen LogP contribution in [0, 0.1) is 6.57 Å². The standard InChI is InChI=1S/C30H47N4O4P/c1-23(2)34(24(3)4)39(37-22-18-31-6)38-25(5)28-17-11-14-20-32(28)19-12-7-8-13-21-33-29(35)26-15-9-10-16-27(26)30(33)36/h9-10,15-16,23-25,28H,7-8,11-14,17-22H2,1-5H3/i5D. The van der Waals surface area contributed by atoms with Gasteiger partial charge in [0.05, 0.1) is 17.2 Å². The Hall–Kier alpha value is -1.88. The summed E-state index contributed by atoms with van der Waals surface area (Å²) in [6.45, 7) is 18.9. The van der Waals surface area contributed by atoms with Gasteiger partial charge in [-0.2, -0.15) is 0 Å². The number of nitrogens with zero attached hydrogens (tertiary/aromatic N) is 4. The highest BCUT2D eigenvalue weighted by molar-refractivity contribution is 7.44. The minimum Gasteiger partial charge on any atom is -0.317 e. The van der Waals surface area contributed by atoms with Gasteiger partial charge in [-0.05, 0) is 85.5 Å². The third-order valence-electron chi connectivity index (χ3n) is 7.43. The normalized spacial score (nSPS) is 20.0. The van der Waals surface area contributed by atoms with E-state index in [0.717, 1.165) is 58.0 Å². The van der Waals surface area contributed by atoms with Crippen molar-refractivity contribution in [2.75, 3.05) is 32.8 Å². The Morgan fingerprint density at radius 2 is 1.69 bits per heavy atom. The summed E-state index contributed by atoms with van der Waals surface area (Å²) in [6, 6.07) is 7.69. The topological polar surface area (TPSA) is 66.7 Å². The number of unbranched alkanes of at least 4 members (excludes halogenated alkanes) is 3. The molecule has 0 aromatic heterocycles. The smallest absolute Gasteiger partial charge is 0.261 e. The highest BCUT2D eigenvalue weighted by Gasteiger charge is 2.35. The zero-order valence-electron chi connectivity index (χ0n) is 25.2. The second-order valence-electron chi connectivity index (χ2n) is 11.0. The molecular weight excluding hydrogens is 511 g/mol. The largest absolute Gasteiger partial charge is 0.317 e. The first-order valence-electron chi connectivity index (χ1n) is 15.2. The molecule has 0 saturated carbocycles. The number of likely N-dealkylation sites (tertiary alicyclic amines) is 1. The van der Waals surface area contributed by atoms with Gasteiger partial charge in [0.25, 0.3) is 20.3 Å². The lowest BCUT2D eigenvalue weighted by Crippen LogP contribution is -2.47. The molecule has 0 radical (unpaired) electrons. The van der Waals surface area contributed by atoms with Crippen LogP contribution in [0.3, 0.4) is 0 Å². The van der Waals surface area contributed by atoms with Gasteiger partial charge < -0.3 is 13.9 Å². The number of rotatable bonds is 16. The molecule has 3 atom stereocenters. The lowest BCUT2D eigenvalue weighted by molar-refractivity contribution is 0.0370. The van der Waals surface area contributed by atoms with Crippen molar-refractivity contribution < 1.29 is 20.0 Å². The summed E-state index contributed by atoms with van der Waals surface area (Å²) in [4.78, 5) is 32.5. The van der Waals surface area contributed by atoms with E-state index in [1.807, 2.05) is 0 Å². The van der Waals surface area contributed by atoms with Crippen LogP contribution in [0.1, 0.15) is 102 Å². The molecule has 2 aliphatic heterocycles. The van der Waals surface area contributed by atoms with Crippen molar-refractivity contribution in [3.63, 3.8) is 0 Å². The number of hydrogen-bond donors (Lipinski definition) is 0. The maximum atomic E-state index is 12.6. The third kappa shape index (κ3) is 8.55. The second kappa shape index (κ2) is 15.8. The van der Waals surface area contributed by atoms with Crippen molar-refractivity contribution in [3.8, 4) is 0 Å². The molecule has 216 valence electrons. The summed E-state index contributed by atoms with van der Waals surface area (Å²) in [7, 11) is -1.37. The molecule has 8 nitrogen and oxygen atoms in total. The van der Waals surface area contributed by atoms with E-state index in [0.29, 0.717) is 30.8 Å². The number of hydrogen-bond acceptors (Lipinski definition) is 6. The molecule has 0 bridgehead atoms. The van der Waals surface area contributed by atoms with Crippen LogP contribution in [0.25, 0.3) is 4.85 Å². The summed E-state index contributed by atoms with van der Waals surface area (Å²) in [5.74, 6) is -0.352. The number of piperidine rings is 1. The highest BCUT2D eigenvalue weighted by atomic mass is 31.2. The van der Waals surface area contributed by atoms with Crippen LogP contribution in [-0.4, -0.2) is 83.3 Å². The molecule has 1 saturated heterocycles. The van der Waals surface area contributed by atoms with Crippen molar-refractivity contribution in [2.24, 2.45) is 0 Å². The molecule has 2 aliphatic rings. The summed E-state index contributed by atoms with van der Waals surface area (Å²) in [5, 5.41) is 0. The molecule has 39 heavy (non-hydrogen) atoms. The Labute approximate surface area is 238 Å². The fraction of sp³-hybridized carbons (Fsp3) is 0.700. The van der Waals surface area contributed by atoms with E-state index in [4.69, 9.17) is 17.0 Å². The molecule has 0 N–H and O–H groups in total. The van der Waals surface area contributed by atoms with Gasteiger partial charge in [0.2, 0.25) is 6.54 Å². The van der Waals surface area contributed by atoms with Crippen LogP contribution >= 0.6 is 8.53 Å². The first-order chi connectivity index (χ1) is 19.3. The maximum Gasteiger partial charge on any atom is 0.261 e. The average molecular weight is 560 g/mol. The fourth-order valence-corrected chi connectivity index (χ4v) is 7.24. The van der Waals surface area contributed by atoms with E-state index in [9.17, 15) is 9.59 Å². The predicted molar refractivity (Wildman–Crippen MR) is 156 cm³/mol. The van der Waals surface area contributed by atoms with Gasteiger partial charge in [-0.3, -0.25) is 19.4 Å². The number of carbonyl (C=O) groups excluding carboxylic acids is 2. The highest BCUT2D eigenvalue weighted by Crippen LogP contribution is 2.48. The SMILES string of the molecule is [2H]CC(OP(OCC[N+]#[C-])N(C(C)C)C(C)C)C1CCCCN1CCCCCCN1C(=O)c2ccccc2C1=O. The Morgan fingerprint density at radius 3 is 2.28 bits per heavy atom. The van der Waals surface area contributed by atoms with Crippen molar-refractivity contribution in [1.29, 1.82) is 0 Å². The van der Waals surface area contributed by atoms with E-state index in [1.165, 1.54) is 4.90 Å². The van der Waals surface area contributed by atoms with E-state index < -0.39 is 8.53 Å². The first-order valence-corrected chi connectivity index (χ1v) is 15.6. The summed E-state index contributed by atoms with van der Waals surface area (Å²) < 4.78 is 23.3.